The molecule has 0 saturated heterocycles. The van der Waals surface area contributed by atoms with Crippen LogP contribution in [0.3, 0.4) is 0 Å². The second-order valence-corrected chi connectivity index (χ2v) is 4.89. The average molecular weight is 277 g/mol. The zero-order valence-corrected chi connectivity index (χ0v) is 11.0. The molecule has 0 saturated carbocycles. The lowest BCUT2D eigenvalue weighted by Crippen LogP contribution is -2.23. The van der Waals surface area contributed by atoms with Gasteiger partial charge in [0.1, 0.15) is 6.61 Å². The first-order chi connectivity index (χ1) is 9.00. The molecule has 0 atom stereocenters. The van der Waals surface area contributed by atoms with Gasteiger partial charge in [0.15, 0.2) is 5.78 Å². The van der Waals surface area contributed by atoms with Gasteiger partial charge in [0, 0.05) is 5.57 Å². The standard InChI is InChI=1S/C13H11NO4S/c1-8(9(2)15)7-18-13(17)14-12(16)10-5-3-4-6-11(10)19-14/h3-6H,1,7H2,2H3. The van der Waals surface area contributed by atoms with E-state index in [1.54, 1.807) is 24.3 Å². The smallest absolute Gasteiger partial charge is 0.431 e. The number of carbonyl (C=O) groups is 2. The number of aromatic nitrogens is 1. The van der Waals surface area contributed by atoms with Gasteiger partial charge in [-0.25, -0.2) is 4.79 Å². The van der Waals surface area contributed by atoms with Gasteiger partial charge in [0.2, 0.25) is 0 Å². The summed E-state index contributed by atoms with van der Waals surface area (Å²) in [5, 5.41) is 0.467. The van der Waals surface area contributed by atoms with Gasteiger partial charge in [-0.3, -0.25) is 9.59 Å². The maximum Gasteiger partial charge on any atom is 0.431 e. The van der Waals surface area contributed by atoms with Crippen molar-refractivity contribution < 1.29 is 14.3 Å². The fraction of sp³-hybridized carbons (Fsp3) is 0.154. The largest absolute Gasteiger partial charge is 0.443 e. The van der Waals surface area contributed by atoms with Crippen molar-refractivity contribution in [2.45, 2.75) is 6.92 Å². The molecule has 0 aliphatic heterocycles. The van der Waals surface area contributed by atoms with Gasteiger partial charge in [-0.2, -0.15) is 3.96 Å². The van der Waals surface area contributed by atoms with Crippen molar-refractivity contribution in [3.8, 4) is 0 Å². The summed E-state index contributed by atoms with van der Waals surface area (Å²) in [5.74, 6) is -0.253. The lowest BCUT2D eigenvalue weighted by atomic mass is 10.2. The fourth-order valence-electron chi connectivity index (χ4n) is 1.40. The molecule has 6 heteroatoms. The number of ether oxygens (including phenoxy) is 1. The normalized spacial score (nSPS) is 10.4. The molecule has 1 aromatic carbocycles. The van der Waals surface area contributed by atoms with Gasteiger partial charge >= 0.3 is 6.09 Å². The molecular weight excluding hydrogens is 266 g/mol. The van der Waals surface area contributed by atoms with E-state index in [1.165, 1.54) is 6.92 Å². The Labute approximate surface area is 112 Å². The Morgan fingerprint density at radius 3 is 2.68 bits per heavy atom. The van der Waals surface area contributed by atoms with Crippen LogP contribution in [0.25, 0.3) is 10.1 Å². The van der Waals surface area contributed by atoms with Crippen LogP contribution in [0.15, 0.2) is 41.2 Å². The molecule has 0 bridgehead atoms. The summed E-state index contributed by atoms with van der Waals surface area (Å²) in [4.78, 5) is 34.6. The summed E-state index contributed by atoms with van der Waals surface area (Å²) in [7, 11) is 0. The molecule has 0 unspecified atom stereocenters. The lowest BCUT2D eigenvalue weighted by Gasteiger charge is -2.03. The zero-order valence-electron chi connectivity index (χ0n) is 10.2. The Kier molecular flexibility index (Phi) is 3.62. The number of nitrogens with zero attached hydrogens (tertiary/aromatic N) is 1. The summed E-state index contributed by atoms with van der Waals surface area (Å²) in [6.45, 7) is 4.60. The molecule has 1 aromatic heterocycles. The highest BCUT2D eigenvalue weighted by atomic mass is 32.1. The Balaban J connectivity index is 2.23. The Morgan fingerprint density at radius 2 is 2.05 bits per heavy atom. The van der Waals surface area contributed by atoms with Crippen LogP contribution in [0.5, 0.6) is 0 Å². The molecule has 0 fully saturated rings. The van der Waals surface area contributed by atoms with Crippen molar-refractivity contribution in [2.24, 2.45) is 0 Å². The molecule has 98 valence electrons. The highest BCUT2D eigenvalue weighted by Crippen LogP contribution is 2.16. The number of carbonyl (C=O) groups excluding carboxylic acids is 2. The van der Waals surface area contributed by atoms with Gasteiger partial charge in [-0.1, -0.05) is 18.7 Å². The quantitative estimate of drug-likeness (QED) is 0.807. The molecular formula is C13H11NO4S. The van der Waals surface area contributed by atoms with E-state index in [4.69, 9.17) is 4.74 Å². The lowest BCUT2D eigenvalue weighted by molar-refractivity contribution is -0.113. The number of fused-ring (bicyclic) bond motifs is 1. The molecule has 1 heterocycles. The van der Waals surface area contributed by atoms with Crippen molar-refractivity contribution in [2.75, 3.05) is 6.61 Å². The second kappa shape index (κ2) is 5.19. The SMILES string of the molecule is C=C(COC(=O)n1sc2ccccc2c1=O)C(C)=O. The van der Waals surface area contributed by atoms with Crippen LogP contribution in [-0.2, 0) is 9.53 Å². The van der Waals surface area contributed by atoms with Crippen molar-refractivity contribution in [3.63, 3.8) is 0 Å². The van der Waals surface area contributed by atoms with Crippen molar-refractivity contribution in [1.29, 1.82) is 0 Å². The summed E-state index contributed by atoms with van der Waals surface area (Å²) in [6.07, 6.45) is -0.798. The van der Waals surface area contributed by atoms with Crippen molar-refractivity contribution >= 4 is 33.5 Å². The molecule has 0 aliphatic rings. The number of hydrogen-bond acceptors (Lipinski definition) is 5. The van der Waals surface area contributed by atoms with Gasteiger partial charge in [0.05, 0.1) is 10.1 Å². The minimum Gasteiger partial charge on any atom is -0.443 e. The van der Waals surface area contributed by atoms with Gasteiger partial charge < -0.3 is 4.74 Å². The third-order valence-corrected chi connectivity index (χ3v) is 3.58. The maximum atomic E-state index is 11.9. The fourth-order valence-corrected chi connectivity index (χ4v) is 2.30. The predicted octanol–water partition coefficient (Wildman–Crippen LogP) is 2.19. The number of hydrogen-bond donors (Lipinski definition) is 0. The molecule has 0 spiro atoms. The van der Waals surface area contributed by atoms with Crippen LogP contribution in [0, 0.1) is 0 Å². The zero-order chi connectivity index (χ0) is 14.0. The predicted molar refractivity (Wildman–Crippen MR) is 72.7 cm³/mol. The van der Waals surface area contributed by atoms with E-state index in [9.17, 15) is 14.4 Å². The maximum absolute atomic E-state index is 11.9. The first-order valence-electron chi connectivity index (χ1n) is 5.47. The summed E-state index contributed by atoms with van der Waals surface area (Å²) in [6, 6.07) is 6.90. The Bertz CT molecular complexity index is 726. The van der Waals surface area contributed by atoms with Crippen LogP contribution in [0.1, 0.15) is 6.92 Å². The molecule has 0 aliphatic carbocycles. The van der Waals surface area contributed by atoms with Crippen LogP contribution >= 0.6 is 11.5 Å². The molecule has 0 N–H and O–H groups in total. The third-order valence-electron chi connectivity index (χ3n) is 2.53. The Morgan fingerprint density at radius 1 is 1.37 bits per heavy atom. The van der Waals surface area contributed by atoms with E-state index in [-0.39, 0.29) is 18.0 Å². The molecule has 2 rings (SSSR count). The molecule has 0 radical (unpaired) electrons. The molecule has 0 amide bonds. The van der Waals surface area contributed by atoms with E-state index in [0.717, 1.165) is 15.5 Å². The van der Waals surface area contributed by atoms with E-state index in [1.807, 2.05) is 0 Å². The first-order valence-corrected chi connectivity index (χ1v) is 6.25. The van der Waals surface area contributed by atoms with E-state index in [0.29, 0.717) is 10.1 Å². The highest BCUT2D eigenvalue weighted by molar-refractivity contribution is 7.14. The average Bonchev–Trinajstić information content (AvgIpc) is 2.73. The molecule has 2 aromatic rings. The third kappa shape index (κ3) is 2.63. The highest BCUT2D eigenvalue weighted by Gasteiger charge is 2.15. The minimum absolute atomic E-state index is 0.183. The van der Waals surface area contributed by atoms with E-state index >= 15 is 0 Å². The Hall–Kier alpha value is -2.21. The van der Waals surface area contributed by atoms with Gasteiger partial charge in [0.25, 0.3) is 5.56 Å². The molecule has 19 heavy (non-hydrogen) atoms. The summed E-state index contributed by atoms with van der Waals surface area (Å²) < 4.78 is 6.51. The van der Waals surface area contributed by atoms with Crippen LogP contribution in [0.4, 0.5) is 4.79 Å². The number of rotatable bonds is 3. The van der Waals surface area contributed by atoms with E-state index in [2.05, 4.69) is 6.58 Å². The molecule has 5 nitrogen and oxygen atoms in total. The van der Waals surface area contributed by atoms with Crippen molar-refractivity contribution in [3.05, 3.63) is 46.8 Å². The van der Waals surface area contributed by atoms with Crippen LogP contribution < -0.4 is 5.56 Å². The number of benzene rings is 1. The number of Topliss-reactive ketones (excluding diaryl/α,β-unsaturated/α-hetero) is 1. The first kappa shape index (κ1) is 13.2. The van der Waals surface area contributed by atoms with Crippen molar-refractivity contribution in [1.82, 2.24) is 3.96 Å². The van der Waals surface area contributed by atoms with Crippen LogP contribution in [-0.4, -0.2) is 22.4 Å². The number of ketones is 1. The monoisotopic (exact) mass is 277 g/mol. The topological polar surface area (TPSA) is 65.4 Å². The second-order valence-electron chi connectivity index (χ2n) is 3.90. The van der Waals surface area contributed by atoms with E-state index < -0.39 is 11.7 Å². The van der Waals surface area contributed by atoms with Gasteiger partial charge in [-0.15, -0.1) is 0 Å². The minimum atomic E-state index is -0.798. The summed E-state index contributed by atoms with van der Waals surface area (Å²) >= 11 is 1.01. The van der Waals surface area contributed by atoms with Gasteiger partial charge in [-0.05, 0) is 30.6 Å². The summed E-state index contributed by atoms with van der Waals surface area (Å²) in [5.41, 5.74) is -0.235. The van der Waals surface area contributed by atoms with Crippen LogP contribution in [0.2, 0.25) is 0 Å².